The number of hydrogen-bond acceptors (Lipinski definition) is 6. The van der Waals surface area contributed by atoms with Gasteiger partial charge >= 0.3 is 0 Å². The van der Waals surface area contributed by atoms with Crippen LogP contribution in [0.15, 0.2) is 12.4 Å². The van der Waals surface area contributed by atoms with Crippen molar-refractivity contribution >= 4 is 17.2 Å². The Kier molecular flexibility index (Phi) is 3.85. The maximum Gasteiger partial charge on any atom is 0.148 e. The monoisotopic (exact) mass is 259 g/mol. The predicted molar refractivity (Wildman–Crippen MR) is 70.3 cm³/mol. The van der Waals surface area contributed by atoms with E-state index in [0.717, 1.165) is 11.4 Å². The molecule has 2 rings (SSSR count). The van der Waals surface area contributed by atoms with Crippen LogP contribution in [0.2, 0.25) is 0 Å². The Hall–Kier alpha value is -2.00. The van der Waals surface area contributed by atoms with E-state index in [4.69, 9.17) is 5.26 Å². The van der Waals surface area contributed by atoms with Gasteiger partial charge in [-0.1, -0.05) is 6.92 Å². The molecule has 0 bridgehead atoms. The SMILES string of the molecule is CCc1cnc(CNc2nc(C)ncc2C#N)s1. The van der Waals surface area contributed by atoms with Crippen LogP contribution in [-0.2, 0) is 13.0 Å². The van der Waals surface area contributed by atoms with Gasteiger partial charge in [0.15, 0.2) is 0 Å². The summed E-state index contributed by atoms with van der Waals surface area (Å²) in [5.41, 5.74) is 0.452. The summed E-state index contributed by atoms with van der Waals surface area (Å²) in [6, 6.07) is 2.07. The van der Waals surface area contributed by atoms with Crippen LogP contribution in [0.25, 0.3) is 0 Å². The van der Waals surface area contributed by atoms with E-state index >= 15 is 0 Å². The third kappa shape index (κ3) is 2.81. The van der Waals surface area contributed by atoms with Gasteiger partial charge in [-0.15, -0.1) is 11.3 Å². The highest BCUT2D eigenvalue weighted by Crippen LogP contribution is 2.16. The maximum absolute atomic E-state index is 8.97. The highest BCUT2D eigenvalue weighted by Gasteiger charge is 2.06. The van der Waals surface area contributed by atoms with E-state index in [-0.39, 0.29) is 0 Å². The highest BCUT2D eigenvalue weighted by atomic mass is 32.1. The number of nitrogens with one attached hydrogen (secondary N) is 1. The molecule has 2 aromatic heterocycles. The van der Waals surface area contributed by atoms with Crippen molar-refractivity contribution in [1.82, 2.24) is 15.0 Å². The topological polar surface area (TPSA) is 74.5 Å². The fraction of sp³-hybridized carbons (Fsp3) is 0.333. The van der Waals surface area contributed by atoms with E-state index in [2.05, 4.69) is 33.3 Å². The summed E-state index contributed by atoms with van der Waals surface area (Å²) in [6.07, 6.45) is 4.41. The Morgan fingerprint density at radius 3 is 2.89 bits per heavy atom. The van der Waals surface area contributed by atoms with E-state index in [9.17, 15) is 0 Å². The molecule has 0 radical (unpaired) electrons. The summed E-state index contributed by atoms with van der Waals surface area (Å²) < 4.78 is 0. The molecule has 0 aromatic carbocycles. The molecule has 0 aliphatic rings. The predicted octanol–water partition coefficient (Wildman–Crippen LogP) is 2.29. The van der Waals surface area contributed by atoms with Gasteiger partial charge in [-0.3, -0.25) is 0 Å². The minimum Gasteiger partial charge on any atom is -0.362 e. The molecule has 0 atom stereocenters. The van der Waals surface area contributed by atoms with E-state index < -0.39 is 0 Å². The number of aromatic nitrogens is 3. The van der Waals surface area contributed by atoms with Crippen LogP contribution in [0, 0.1) is 18.3 Å². The van der Waals surface area contributed by atoms with Crippen LogP contribution in [0.5, 0.6) is 0 Å². The van der Waals surface area contributed by atoms with Crippen molar-refractivity contribution in [3.63, 3.8) is 0 Å². The van der Waals surface area contributed by atoms with Crippen LogP contribution < -0.4 is 5.32 Å². The molecule has 1 N–H and O–H groups in total. The smallest absolute Gasteiger partial charge is 0.148 e. The zero-order valence-electron chi connectivity index (χ0n) is 10.3. The largest absolute Gasteiger partial charge is 0.362 e. The van der Waals surface area contributed by atoms with E-state index in [1.165, 1.54) is 11.1 Å². The van der Waals surface area contributed by atoms with Crippen LogP contribution in [0.1, 0.15) is 28.2 Å². The van der Waals surface area contributed by atoms with Gasteiger partial charge in [-0.25, -0.2) is 15.0 Å². The Balaban J connectivity index is 2.10. The van der Waals surface area contributed by atoms with Gasteiger partial charge in [-0.2, -0.15) is 5.26 Å². The molecule has 92 valence electrons. The lowest BCUT2D eigenvalue weighted by molar-refractivity contribution is 1.01. The molecule has 0 amide bonds. The molecule has 18 heavy (non-hydrogen) atoms. The van der Waals surface area contributed by atoms with Crippen molar-refractivity contribution < 1.29 is 0 Å². The first-order chi connectivity index (χ1) is 8.72. The number of thiazole rings is 1. The summed E-state index contributed by atoms with van der Waals surface area (Å²) in [5.74, 6) is 1.21. The van der Waals surface area contributed by atoms with Gasteiger partial charge in [0.2, 0.25) is 0 Å². The van der Waals surface area contributed by atoms with E-state index in [0.29, 0.717) is 23.8 Å². The number of aryl methyl sites for hydroxylation is 2. The second-order valence-electron chi connectivity index (χ2n) is 3.72. The molecule has 6 heteroatoms. The lowest BCUT2D eigenvalue weighted by atomic mass is 10.3. The van der Waals surface area contributed by atoms with Crippen LogP contribution >= 0.6 is 11.3 Å². The first-order valence-electron chi connectivity index (χ1n) is 5.64. The molecule has 2 heterocycles. The lowest BCUT2D eigenvalue weighted by Crippen LogP contribution is -2.05. The van der Waals surface area contributed by atoms with Gasteiger partial charge in [0.25, 0.3) is 0 Å². The molecule has 0 saturated heterocycles. The molecular formula is C12H13N5S. The van der Waals surface area contributed by atoms with Crippen molar-refractivity contribution in [1.29, 1.82) is 5.26 Å². The summed E-state index contributed by atoms with van der Waals surface area (Å²) >= 11 is 1.67. The Morgan fingerprint density at radius 1 is 1.39 bits per heavy atom. The molecular weight excluding hydrogens is 246 g/mol. The molecule has 0 aliphatic carbocycles. The third-order valence-electron chi connectivity index (χ3n) is 2.39. The average Bonchev–Trinajstić information content (AvgIpc) is 2.84. The Morgan fingerprint density at radius 2 is 2.22 bits per heavy atom. The summed E-state index contributed by atoms with van der Waals surface area (Å²) in [6.45, 7) is 4.48. The first kappa shape index (κ1) is 12.5. The average molecular weight is 259 g/mol. The number of rotatable bonds is 4. The minimum atomic E-state index is 0.452. The summed E-state index contributed by atoms with van der Waals surface area (Å²) in [4.78, 5) is 13.8. The highest BCUT2D eigenvalue weighted by molar-refractivity contribution is 7.11. The fourth-order valence-corrected chi connectivity index (χ4v) is 2.24. The normalized spacial score (nSPS) is 10.1. The molecule has 0 spiro atoms. The van der Waals surface area contributed by atoms with Gasteiger partial charge in [0, 0.05) is 11.1 Å². The second-order valence-corrected chi connectivity index (χ2v) is 4.92. The molecule has 0 unspecified atom stereocenters. The lowest BCUT2D eigenvalue weighted by Gasteiger charge is -2.05. The number of nitriles is 1. The number of hydrogen-bond donors (Lipinski definition) is 1. The quantitative estimate of drug-likeness (QED) is 0.911. The molecule has 2 aromatic rings. The van der Waals surface area contributed by atoms with E-state index in [1.807, 2.05) is 6.20 Å². The molecule has 0 aliphatic heterocycles. The van der Waals surface area contributed by atoms with Crippen molar-refractivity contribution in [2.75, 3.05) is 5.32 Å². The zero-order valence-corrected chi connectivity index (χ0v) is 11.1. The third-order valence-corrected chi connectivity index (χ3v) is 3.53. The first-order valence-corrected chi connectivity index (χ1v) is 6.45. The zero-order chi connectivity index (χ0) is 13.0. The molecule has 5 nitrogen and oxygen atoms in total. The maximum atomic E-state index is 8.97. The van der Waals surface area contributed by atoms with Crippen LogP contribution in [0.4, 0.5) is 5.82 Å². The van der Waals surface area contributed by atoms with Crippen molar-refractivity contribution in [3.05, 3.63) is 33.7 Å². The second kappa shape index (κ2) is 5.56. The van der Waals surface area contributed by atoms with Gasteiger partial charge in [0.05, 0.1) is 12.7 Å². The molecule has 0 fully saturated rings. The molecule has 0 saturated carbocycles. The standard InChI is InChI=1S/C12H13N5S/c1-3-10-6-15-11(18-10)7-16-12-9(4-13)5-14-8(2)17-12/h5-6H,3,7H2,1-2H3,(H,14,16,17). The number of nitrogens with zero attached hydrogens (tertiary/aromatic N) is 4. The van der Waals surface area contributed by atoms with Crippen LogP contribution in [0.3, 0.4) is 0 Å². The van der Waals surface area contributed by atoms with Gasteiger partial charge in [0.1, 0.15) is 28.3 Å². The Bertz CT molecular complexity index is 584. The fourth-order valence-electron chi connectivity index (χ4n) is 1.44. The number of anilines is 1. The van der Waals surface area contributed by atoms with Crippen molar-refractivity contribution in [2.45, 2.75) is 26.8 Å². The van der Waals surface area contributed by atoms with Gasteiger partial charge < -0.3 is 5.32 Å². The van der Waals surface area contributed by atoms with Crippen molar-refractivity contribution in [3.8, 4) is 6.07 Å². The summed E-state index contributed by atoms with van der Waals surface area (Å²) in [5, 5.41) is 13.1. The van der Waals surface area contributed by atoms with Crippen LogP contribution in [-0.4, -0.2) is 15.0 Å². The van der Waals surface area contributed by atoms with Crippen molar-refractivity contribution in [2.24, 2.45) is 0 Å². The minimum absolute atomic E-state index is 0.452. The summed E-state index contributed by atoms with van der Waals surface area (Å²) in [7, 11) is 0. The van der Waals surface area contributed by atoms with E-state index in [1.54, 1.807) is 18.3 Å². The Labute approximate surface area is 110 Å². The van der Waals surface area contributed by atoms with Gasteiger partial charge in [-0.05, 0) is 13.3 Å².